The summed E-state index contributed by atoms with van der Waals surface area (Å²) in [6, 6.07) is 8.71. The van der Waals surface area contributed by atoms with Crippen LogP contribution in [0.1, 0.15) is 6.92 Å². The van der Waals surface area contributed by atoms with E-state index in [0.717, 1.165) is 6.54 Å². The van der Waals surface area contributed by atoms with Crippen LogP contribution in [0.3, 0.4) is 0 Å². The normalized spacial score (nSPS) is 9.00. The smallest absolute Gasteiger partial charge is 0.115 e. The summed E-state index contributed by atoms with van der Waals surface area (Å²) in [5.41, 5.74) is 0. The van der Waals surface area contributed by atoms with Gasteiger partial charge in [-0.05, 0) is 32.8 Å². The summed E-state index contributed by atoms with van der Waals surface area (Å²) in [5.74, 6) is 0.322. The van der Waals surface area contributed by atoms with Crippen molar-refractivity contribution in [3.63, 3.8) is 0 Å². The summed E-state index contributed by atoms with van der Waals surface area (Å²) in [5, 5.41) is 8.63. The minimum absolute atomic E-state index is 0.322. The number of nitrogens with zero attached hydrogens (tertiary/aromatic N) is 1. The molecule has 0 bridgehead atoms. The first kappa shape index (κ1) is 11.0. The third-order valence-corrected chi connectivity index (χ3v) is 1.39. The molecule has 0 saturated carbocycles. The number of para-hydroxylation sites is 1. The van der Waals surface area contributed by atoms with Gasteiger partial charge in [0.2, 0.25) is 0 Å². The van der Waals surface area contributed by atoms with Crippen LogP contribution in [-0.2, 0) is 0 Å². The van der Waals surface area contributed by atoms with Crippen LogP contribution in [0.25, 0.3) is 0 Å². The molecule has 0 amide bonds. The van der Waals surface area contributed by atoms with Crippen molar-refractivity contribution < 1.29 is 5.11 Å². The van der Waals surface area contributed by atoms with Crippen LogP contribution in [0.5, 0.6) is 5.75 Å². The molecule has 68 valence electrons. The molecule has 1 aromatic carbocycles. The van der Waals surface area contributed by atoms with E-state index in [1.165, 1.54) is 0 Å². The molecule has 0 heterocycles. The van der Waals surface area contributed by atoms with Crippen molar-refractivity contribution >= 4 is 0 Å². The van der Waals surface area contributed by atoms with Gasteiger partial charge in [-0.1, -0.05) is 25.1 Å². The van der Waals surface area contributed by atoms with Crippen LogP contribution < -0.4 is 0 Å². The van der Waals surface area contributed by atoms with Crippen LogP contribution >= 0.6 is 0 Å². The fourth-order valence-corrected chi connectivity index (χ4v) is 0.428. The minimum atomic E-state index is 0.322. The summed E-state index contributed by atoms with van der Waals surface area (Å²) < 4.78 is 0. The summed E-state index contributed by atoms with van der Waals surface area (Å²) in [6.07, 6.45) is 0. The molecule has 0 atom stereocenters. The van der Waals surface area contributed by atoms with Gasteiger partial charge in [-0.25, -0.2) is 0 Å². The van der Waals surface area contributed by atoms with E-state index in [2.05, 4.69) is 25.9 Å². The van der Waals surface area contributed by atoms with E-state index in [4.69, 9.17) is 5.11 Å². The topological polar surface area (TPSA) is 23.5 Å². The van der Waals surface area contributed by atoms with Crippen LogP contribution in [0.4, 0.5) is 0 Å². The van der Waals surface area contributed by atoms with Gasteiger partial charge in [-0.2, -0.15) is 0 Å². The van der Waals surface area contributed by atoms with Gasteiger partial charge in [0.15, 0.2) is 0 Å². The van der Waals surface area contributed by atoms with Crippen molar-refractivity contribution in [2.75, 3.05) is 20.6 Å². The Morgan fingerprint density at radius 2 is 1.58 bits per heavy atom. The lowest BCUT2D eigenvalue weighted by Gasteiger charge is -2.00. The van der Waals surface area contributed by atoms with E-state index in [-0.39, 0.29) is 0 Å². The standard InChI is InChI=1S/C6H6O.C4H11N/c7-6-4-2-1-3-5-6;1-4-5(2)3/h1-5,7H;4H2,1-3H3. The summed E-state index contributed by atoms with van der Waals surface area (Å²) in [6.45, 7) is 3.26. The second-order valence-corrected chi connectivity index (χ2v) is 2.73. The Bertz CT molecular complexity index is 184. The number of aromatic hydroxyl groups is 1. The molecule has 0 aliphatic rings. The third kappa shape index (κ3) is 7.09. The predicted molar refractivity (Wildman–Crippen MR) is 52.3 cm³/mol. The van der Waals surface area contributed by atoms with Crippen LogP contribution in [0, 0.1) is 0 Å². The van der Waals surface area contributed by atoms with E-state index in [1.807, 2.05) is 6.07 Å². The maximum Gasteiger partial charge on any atom is 0.115 e. The fraction of sp³-hybridized carbons (Fsp3) is 0.400. The quantitative estimate of drug-likeness (QED) is 0.691. The van der Waals surface area contributed by atoms with Gasteiger partial charge in [0.1, 0.15) is 5.75 Å². The van der Waals surface area contributed by atoms with Crippen LogP contribution in [-0.4, -0.2) is 30.6 Å². The molecular weight excluding hydrogens is 150 g/mol. The molecule has 0 aromatic heterocycles. The highest BCUT2D eigenvalue weighted by molar-refractivity contribution is 5.18. The lowest BCUT2D eigenvalue weighted by Crippen LogP contribution is -2.08. The molecule has 0 spiro atoms. The highest BCUT2D eigenvalue weighted by Crippen LogP contribution is 2.02. The SMILES string of the molecule is CCN(C)C.Oc1ccccc1. The average Bonchev–Trinajstić information content (AvgIpc) is 2.07. The molecule has 1 rings (SSSR count). The van der Waals surface area contributed by atoms with E-state index < -0.39 is 0 Å². The fourth-order valence-electron chi connectivity index (χ4n) is 0.428. The highest BCUT2D eigenvalue weighted by atomic mass is 16.3. The van der Waals surface area contributed by atoms with E-state index in [1.54, 1.807) is 24.3 Å². The number of rotatable bonds is 1. The van der Waals surface area contributed by atoms with Gasteiger partial charge in [0, 0.05) is 0 Å². The molecule has 0 saturated heterocycles. The molecular formula is C10H17NO. The Labute approximate surface area is 74.5 Å². The third-order valence-electron chi connectivity index (χ3n) is 1.39. The van der Waals surface area contributed by atoms with Gasteiger partial charge in [0.05, 0.1) is 0 Å². The van der Waals surface area contributed by atoms with Crippen molar-refractivity contribution in [2.45, 2.75) is 6.92 Å². The zero-order valence-electron chi connectivity index (χ0n) is 7.99. The van der Waals surface area contributed by atoms with Gasteiger partial charge < -0.3 is 10.0 Å². The molecule has 0 radical (unpaired) electrons. The van der Waals surface area contributed by atoms with Crippen LogP contribution in [0.2, 0.25) is 0 Å². The van der Waals surface area contributed by atoms with E-state index in [9.17, 15) is 0 Å². The Kier molecular flexibility index (Phi) is 6.11. The first-order valence-corrected chi connectivity index (χ1v) is 4.05. The molecule has 12 heavy (non-hydrogen) atoms. The molecule has 2 heteroatoms. The minimum Gasteiger partial charge on any atom is -0.508 e. The number of hydrogen-bond acceptors (Lipinski definition) is 2. The van der Waals surface area contributed by atoms with E-state index in [0.29, 0.717) is 5.75 Å². The Morgan fingerprint density at radius 3 is 1.75 bits per heavy atom. The Morgan fingerprint density at radius 1 is 1.17 bits per heavy atom. The molecule has 1 N–H and O–H groups in total. The zero-order valence-corrected chi connectivity index (χ0v) is 7.99. The van der Waals surface area contributed by atoms with Gasteiger partial charge in [-0.3, -0.25) is 0 Å². The average molecular weight is 167 g/mol. The van der Waals surface area contributed by atoms with Crippen molar-refractivity contribution in [1.29, 1.82) is 0 Å². The number of phenolic OH excluding ortho intramolecular Hbond substituents is 1. The lowest BCUT2D eigenvalue weighted by molar-refractivity contribution is 0.434. The number of benzene rings is 1. The Balaban J connectivity index is 0.000000217. The maximum absolute atomic E-state index is 8.63. The molecule has 0 fully saturated rings. The first-order valence-electron chi connectivity index (χ1n) is 4.05. The van der Waals surface area contributed by atoms with Crippen molar-refractivity contribution in [3.05, 3.63) is 30.3 Å². The number of phenols is 1. The van der Waals surface area contributed by atoms with E-state index >= 15 is 0 Å². The molecule has 0 aliphatic heterocycles. The zero-order chi connectivity index (χ0) is 9.40. The van der Waals surface area contributed by atoms with Crippen molar-refractivity contribution in [2.24, 2.45) is 0 Å². The highest BCUT2D eigenvalue weighted by Gasteiger charge is 1.74. The van der Waals surface area contributed by atoms with Crippen LogP contribution in [0.15, 0.2) is 30.3 Å². The molecule has 0 aliphatic carbocycles. The Hall–Kier alpha value is -1.02. The van der Waals surface area contributed by atoms with Crippen molar-refractivity contribution in [1.82, 2.24) is 4.90 Å². The summed E-state index contributed by atoms with van der Waals surface area (Å²) in [4.78, 5) is 2.12. The first-order chi connectivity index (χ1) is 5.66. The second kappa shape index (κ2) is 6.68. The molecule has 0 unspecified atom stereocenters. The summed E-state index contributed by atoms with van der Waals surface area (Å²) in [7, 11) is 4.11. The summed E-state index contributed by atoms with van der Waals surface area (Å²) >= 11 is 0. The van der Waals surface area contributed by atoms with Gasteiger partial charge in [-0.15, -0.1) is 0 Å². The van der Waals surface area contributed by atoms with Gasteiger partial charge >= 0.3 is 0 Å². The number of hydrogen-bond donors (Lipinski definition) is 1. The molecule has 2 nitrogen and oxygen atoms in total. The lowest BCUT2D eigenvalue weighted by atomic mass is 10.3. The van der Waals surface area contributed by atoms with Crippen molar-refractivity contribution in [3.8, 4) is 5.75 Å². The largest absolute Gasteiger partial charge is 0.508 e. The predicted octanol–water partition coefficient (Wildman–Crippen LogP) is 1.96. The van der Waals surface area contributed by atoms with Gasteiger partial charge in [0.25, 0.3) is 0 Å². The second-order valence-electron chi connectivity index (χ2n) is 2.73. The monoisotopic (exact) mass is 167 g/mol. The molecule has 1 aromatic rings. The maximum atomic E-state index is 8.63.